The van der Waals surface area contributed by atoms with E-state index in [0.717, 1.165) is 21.6 Å². The van der Waals surface area contributed by atoms with Crippen LogP contribution in [0.1, 0.15) is 29.7 Å². The Labute approximate surface area is 206 Å². The van der Waals surface area contributed by atoms with Gasteiger partial charge in [0.2, 0.25) is 15.9 Å². The number of carbonyl (C=O) groups excluding carboxylic acids is 1. The summed E-state index contributed by atoms with van der Waals surface area (Å²) in [5.41, 5.74) is 2.55. The highest BCUT2D eigenvalue weighted by Crippen LogP contribution is 2.25. The lowest BCUT2D eigenvalue weighted by molar-refractivity contribution is -0.123. The van der Waals surface area contributed by atoms with Crippen LogP contribution in [0.4, 0.5) is 0 Å². The van der Waals surface area contributed by atoms with E-state index in [1.807, 2.05) is 67.8 Å². The summed E-state index contributed by atoms with van der Waals surface area (Å²) in [6.07, 6.45) is 2.21. The van der Waals surface area contributed by atoms with Crippen LogP contribution in [0.25, 0.3) is 0 Å². The number of ether oxygens (including phenoxy) is 1. The van der Waals surface area contributed by atoms with Crippen molar-refractivity contribution >= 4 is 27.7 Å². The minimum Gasteiger partial charge on any atom is -0.495 e. The molecular formula is C26H30N2O4S2. The normalized spacial score (nSPS) is 13.2. The van der Waals surface area contributed by atoms with E-state index in [4.69, 9.17) is 4.74 Å². The number of hydrogen-bond acceptors (Lipinski definition) is 5. The highest BCUT2D eigenvalue weighted by Gasteiger charge is 2.29. The summed E-state index contributed by atoms with van der Waals surface area (Å²) in [5, 5.41) is 2.96. The lowest BCUT2D eigenvalue weighted by atomic mass is 10.0. The fourth-order valence-corrected chi connectivity index (χ4v) is 5.43. The molecule has 3 aromatic rings. The molecule has 8 heteroatoms. The Balaban J connectivity index is 1.87. The van der Waals surface area contributed by atoms with Crippen LogP contribution in [0.5, 0.6) is 5.75 Å². The summed E-state index contributed by atoms with van der Waals surface area (Å²) >= 11 is 1.64. The third-order valence-electron chi connectivity index (χ3n) is 5.48. The molecule has 6 nitrogen and oxygen atoms in total. The number of carbonyl (C=O) groups is 1. The molecule has 0 unspecified atom stereocenters. The van der Waals surface area contributed by atoms with Gasteiger partial charge >= 0.3 is 0 Å². The van der Waals surface area contributed by atoms with E-state index in [0.29, 0.717) is 0 Å². The number of sulfonamides is 1. The van der Waals surface area contributed by atoms with Crippen LogP contribution in [-0.2, 0) is 21.2 Å². The molecule has 2 N–H and O–H groups in total. The third-order valence-corrected chi connectivity index (χ3v) is 7.72. The maximum Gasteiger partial charge on any atom is 0.244 e. The van der Waals surface area contributed by atoms with Crippen molar-refractivity contribution in [2.75, 3.05) is 13.4 Å². The number of aryl methyl sites for hydroxylation is 1. The van der Waals surface area contributed by atoms with Crippen molar-refractivity contribution in [2.24, 2.45) is 0 Å². The minimum atomic E-state index is -4.04. The quantitative estimate of drug-likeness (QED) is 0.402. The molecule has 0 saturated carbocycles. The summed E-state index contributed by atoms with van der Waals surface area (Å²) in [6.45, 7) is 3.68. The van der Waals surface area contributed by atoms with Crippen LogP contribution < -0.4 is 14.8 Å². The van der Waals surface area contributed by atoms with Gasteiger partial charge in [-0.05, 0) is 67.5 Å². The Morgan fingerprint density at radius 1 is 1.03 bits per heavy atom. The zero-order chi connectivity index (χ0) is 24.7. The molecule has 180 valence electrons. The van der Waals surface area contributed by atoms with E-state index >= 15 is 0 Å². The molecule has 3 rings (SSSR count). The standard InChI is InChI=1S/C26H30N2O4S2/c1-18-10-15-24(32-3)25(16-18)34(30,31)28-23(17-20-8-6-5-7-9-20)26(29)27-19(2)21-11-13-22(33-4)14-12-21/h5-16,19,23,28H,17H2,1-4H3,(H,27,29)/t19-,23+/m0/s1. The van der Waals surface area contributed by atoms with E-state index < -0.39 is 22.0 Å². The summed E-state index contributed by atoms with van der Waals surface area (Å²) < 4.78 is 34.5. The second-order valence-corrected chi connectivity index (χ2v) is 10.6. The zero-order valence-corrected chi connectivity index (χ0v) is 21.4. The molecule has 0 aliphatic carbocycles. The lowest BCUT2D eigenvalue weighted by Crippen LogP contribution is -2.48. The highest BCUT2D eigenvalue weighted by molar-refractivity contribution is 7.98. The predicted octanol–water partition coefficient (Wildman–Crippen LogP) is 4.49. The summed E-state index contributed by atoms with van der Waals surface area (Å²) in [4.78, 5) is 14.4. The van der Waals surface area contributed by atoms with Crippen LogP contribution >= 0.6 is 11.8 Å². The summed E-state index contributed by atoms with van der Waals surface area (Å²) in [7, 11) is -2.62. The minimum absolute atomic E-state index is 0.00145. The topological polar surface area (TPSA) is 84.5 Å². The molecule has 0 fully saturated rings. The second kappa shape index (κ2) is 11.6. The Hall–Kier alpha value is -2.81. The molecule has 0 bridgehead atoms. The largest absolute Gasteiger partial charge is 0.495 e. The molecule has 0 saturated heterocycles. The number of methoxy groups -OCH3 is 1. The number of thioether (sulfide) groups is 1. The van der Waals surface area contributed by atoms with Gasteiger partial charge in [0.05, 0.1) is 13.2 Å². The first-order valence-electron chi connectivity index (χ1n) is 10.9. The molecular weight excluding hydrogens is 468 g/mol. The van der Waals surface area contributed by atoms with E-state index in [1.165, 1.54) is 13.2 Å². The van der Waals surface area contributed by atoms with Gasteiger partial charge in [0.15, 0.2) is 0 Å². The first-order chi connectivity index (χ1) is 16.2. The molecule has 0 heterocycles. The van der Waals surface area contributed by atoms with E-state index in [1.54, 1.807) is 30.8 Å². The number of nitrogens with one attached hydrogen (secondary N) is 2. The molecule has 1 amide bonds. The van der Waals surface area contributed by atoms with Gasteiger partial charge in [-0.1, -0.05) is 48.5 Å². The monoisotopic (exact) mass is 498 g/mol. The first-order valence-corrected chi connectivity index (χ1v) is 13.6. The van der Waals surface area contributed by atoms with E-state index in [-0.39, 0.29) is 23.1 Å². The van der Waals surface area contributed by atoms with Gasteiger partial charge in [0.25, 0.3) is 0 Å². The lowest BCUT2D eigenvalue weighted by Gasteiger charge is -2.22. The van der Waals surface area contributed by atoms with Gasteiger partial charge in [-0.2, -0.15) is 4.72 Å². The van der Waals surface area contributed by atoms with Crippen LogP contribution in [0.3, 0.4) is 0 Å². The smallest absolute Gasteiger partial charge is 0.244 e. The maximum absolute atomic E-state index is 13.3. The Kier molecular flexibility index (Phi) is 8.77. The number of rotatable bonds is 10. The Bertz CT molecular complexity index is 1210. The first kappa shape index (κ1) is 25.8. The molecule has 3 aromatic carbocycles. The van der Waals surface area contributed by atoms with Crippen LogP contribution in [0.2, 0.25) is 0 Å². The van der Waals surface area contributed by atoms with Crippen molar-refractivity contribution < 1.29 is 17.9 Å². The van der Waals surface area contributed by atoms with Crippen molar-refractivity contribution in [3.05, 3.63) is 89.5 Å². The van der Waals surface area contributed by atoms with Gasteiger partial charge in [-0.3, -0.25) is 4.79 Å². The van der Waals surface area contributed by atoms with Crippen LogP contribution in [0, 0.1) is 6.92 Å². The number of hydrogen-bond donors (Lipinski definition) is 2. The fourth-order valence-electron chi connectivity index (χ4n) is 3.57. The molecule has 0 radical (unpaired) electrons. The van der Waals surface area contributed by atoms with Crippen molar-refractivity contribution in [1.29, 1.82) is 0 Å². The summed E-state index contributed by atoms with van der Waals surface area (Å²) in [5.74, 6) is -0.181. The molecule has 0 spiro atoms. The van der Waals surface area contributed by atoms with E-state index in [9.17, 15) is 13.2 Å². The van der Waals surface area contributed by atoms with Crippen molar-refractivity contribution in [1.82, 2.24) is 10.0 Å². The average molecular weight is 499 g/mol. The van der Waals surface area contributed by atoms with Gasteiger partial charge in [0, 0.05) is 4.90 Å². The molecule has 0 aliphatic heterocycles. The van der Waals surface area contributed by atoms with Crippen LogP contribution in [0.15, 0.2) is 82.6 Å². The fraction of sp³-hybridized carbons (Fsp3) is 0.269. The van der Waals surface area contributed by atoms with Crippen molar-refractivity contribution in [2.45, 2.75) is 42.1 Å². The molecule has 0 aromatic heterocycles. The van der Waals surface area contributed by atoms with Gasteiger partial charge in [0.1, 0.15) is 16.7 Å². The number of amides is 1. The predicted molar refractivity (Wildman–Crippen MR) is 137 cm³/mol. The maximum atomic E-state index is 13.3. The summed E-state index contributed by atoms with van der Waals surface area (Å²) in [6, 6.07) is 20.9. The highest BCUT2D eigenvalue weighted by atomic mass is 32.2. The van der Waals surface area contributed by atoms with Crippen molar-refractivity contribution in [3.63, 3.8) is 0 Å². The van der Waals surface area contributed by atoms with E-state index in [2.05, 4.69) is 10.0 Å². The molecule has 34 heavy (non-hydrogen) atoms. The molecule has 0 aliphatic rings. The van der Waals surface area contributed by atoms with Crippen molar-refractivity contribution in [3.8, 4) is 5.75 Å². The average Bonchev–Trinajstić information content (AvgIpc) is 2.84. The zero-order valence-electron chi connectivity index (χ0n) is 19.7. The van der Waals surface area contributed by atoms with Gasteiger partial charge in [-0.25, -0.2) is 8.42 Å². The third kappa shape index (κ3) is 6.62. The SMILES string of the molecule is COc1ccc(C)cc1S(=O)(=O)N[C@H](Cc1ccccc1)C(=O)N[C@@H](C)c1ccc(SC)cc1. The molecule has 2 atom stereocenters. The Morgan fingerprint density at radius 2 is 1.71 bits per heavy atom. The van der Waals surface area contributed by atoms with Gasteiger partial charge in [-0.15, -0.1) is 11.8 Å². The van der Waals surface area contributed by atoms with Crippen LogP contribution in [-0.4, -0.2) is 33.7 Å². The number of benzene rings is 3. The Morgan fingerprint density at radius 3 is 2.32 bits per heavy atom. The second-order valence-electron chi connectivity index (χ2n) is 8.02. The van der Waals surface area contributed by atoms with Gasteiger partial charge < -0.3 is 10.1 Å².